The zero-order chi connectivity index (χ0) is 24.4. The second-order valence-electron chi connectivity index (χ2n) is 8.79. The van der Waals surface area contributed by atoms with Gasteiger partial charge in [0.2, 0.25) is 0 Å². The molecular formula is C28H26N4O3. The van der Waals surface area contributed by atoms with Gasteiger partial charge in [-0.15, -0.1) is 0 Å². The van der Waals surface area contributed by atoms with Gasteiger partial charge in [-0.1, -0.05) is 60.7 Å². The van der Waals surface area contributed by atoms with Gasteiger partial charge in [-0.3, -0.25) is 14.4 Å². The van der Waals surface area contributed by atoms with Gasteiger partial charge >= 0.3 is 0 Å². The summed E-state index contributed by atoms with van der Waals surface area (Å²) in [6.07, 6.45) is 1.97. The van der Waals surface area contributed by atoms with E-state index in [1.807, 2.05) is 54.3 Å². The minimum Gasteiger partial charge on any atom is -0.339 e. The molecule has 2 heterocycles. The Morgan fingerprint density at radius 2 is 1.57 bits per heavy atom. The topological polar surface area (TPSA) is 84.3 Å². The second kappa shape index (κ2) is 9.54. The third kappa shape index (κ3) is 4.45. The molecule has 1 fully saturated rings. The average Bonchev–Trinajstić information content (AvgIpc) is 3.42. The maximum absolute atomic E-state index is 13.6. The number of carbonyl (C=O) groups is 2. The number of anilines is 1. The molecule has 5 rings (SSSR count). The fraction of sp³-hybridized carbons (Fsp3) is 0.214. The first-order valence-electron chi connectivity index (χ1n) is 11.8. The summed E-state index contributed by atoms with van der Waals surface area (Å²) in [4.78, 5) is 41.7. The van der Waals surface area contributed by atoms with Crippen molar-refractivity contribution >= 4 is 28.3 Å². The third-order valence-electron chi connectivity index (χ3n) is 6.39. The summed E-state index contributed by atoms with van der Waals surface area (Å²) >= 11 is 0. The number of amides is 2. The van der Waals surface area contributed by atoms with E-state index in [0.717, 1.165) is 37.1 Å². The molecule has 0 radical (unpaired) electrons. The second-order valence-corrected chi connectivity index (χ2v) is 8.79. The van der Waals surface area contributed by atoms with Crippen LogP contribution >= 0.6 is 0 Å². The Morgan fingerprint density at radius 1 is 0.886 bits per heavy atom. The van der Waals surface area contributed by atoms with Crippen LogP contribution in [0.3, 0.4) is 0 Å². The Hall–Kier alpha value is -4.26. The van der Waals surface area contributed by atoms with Crippen molar-refractivity contribution in [3.8, 4) is 0 Å². The van der Waals surface area contributed by atoms with Gasteiger partial charge in [-0.25, -0.2) is 4.68 Å². The van der Waals surface area contributed by atoms with Crippen molar-refractivity contribution in [2.24, 2.45) is 0 Å². The molecule has 7 nitrogen and oxygen atoms in total. The summed E-state index contributed by atoms with van der Waals surface area (Å²) in [5, 5.41) is 8.30. The van der Waals surface area contributed by atoms with Crippen LogP contribution in [-0.2, 0) is 6.54 Å². The van der Waals surface area contributed by atoms with Crippen LogP contribution in [0.5, 0.6) is 0 Å². The zero-order valence-electron chi connectivity index (χ0n) is 19.5. The predicted octanol–water partition coefficient (Wildman–Crippen LogP) is 4.24. The number of aryl methyl sites for hydroxylation is 1. The number of likely N-dealkylation sites (tertiary alicyclic amines) is 1. The van der Waals surface area contributed by atoms with Gasteiger partial charge in [0.15, 0.2) is 5.69 Å². The van der Waals surface area contributed by atoms with Crippen molar-refractivity contribution in [2.75, 3.05) is 18.4 Å². The smallest absolute Gasteiger partial charge is 0.276 e. The molecule has 0 aliphatic carbocycles. The highest BCUT2D eigenvalue weighted by Gasteiger charge is 2.25. The first kappa shape index (κ1) is 22.5. The molecule has 0 bridgehead atoms. The Morgan fingerprint density at radius 3 is 2.31 bits per heavy atom. The van der Waals surface area contributed by atoms with E-state index in [2.05, 4.69) is 10.4 Å². The summed E-state index contributed by atoms with van der Waals surface area (Å²) in [5.74, 6) is -0.554. The predicted molar refractivity (Wildman–Crippen MR) is 136 cm³/mol. The number of nitrogens with zero attached hydrogens (tertiary/aromatic N) is 3. The van der Waals surface area contributed by atoms with Crippen LogP contribution < -0.4 is 10.9 Å². The molecule has 3 aromatic carbocycles. The number of fused-ring (bicyclic) bond motifs is 1. The number of carbonyl (C=O) groups excluding carboxylic acids is 2. The van der Waals surface area contributed by atoms with Crippen molar-refractivity contribution in [3.63, 3.8) is 0 Å². The first-order valence-corrected chi connectivity index (χ1v) is 11.8. The standard InChI is InChI=1S/C28H26N4O3/c1-19-10-9-15-23(27(34)31-16-7-8-17-31)24(19)29-26(33)25-21-13-5-6-14-22(21)28(35)32(30-25)18-20-11-3-2-4-12-20/h2-6,9-15H,7-8,16-18H2,1H3,(H,29,33). The fourth-order valence-electron chi connectivity index (χ4n) is 4.54. The molecule has 176 valence electrons. The monoisotopic (exact) mass is 466 g/mol. The lowest BCUT2D eigenvalue weighted by Crippen LogP contribution is -2.30. The maximum Gasteiger partial charge on any atom is 0.276 e. The fourth-order valence-corrected chi connectivity index (χ4v) is 4.54. The van der Waals surface area contributed by atoms with Crippen molar-refractivity contribution in [2.45, 2.75) is 26.3 Å². The molecule has 1 aliphatic rings. The van der Waals surface area contributed by atoms with Crippen LogP contribution in [0.25, 0.3) is 10.8 Å². The SMILES string of the molecule is Cc1cccc(C(=O)N2CCCC2)c1NC(=O)c1nn(Cc2ccccc2)c(=O)c2ccccc12. The number of hydrogen-bond donors (Lipinski definition) is 1. The Labute approximate surface area is 203 Å². The average molecular weight is 467 g/mol. The van der Waals surface area contributed by atoms with Gasteiger partial charge in [-0.05, 0) is 43.0 Å². The van der Waals surface area contributed by atoms with Crippen LogP contribution in [0, 0.1) is 6.92 Å². The highest BCUT2D eigenvalue weighted by Crippen LogP contribution is 2.25. The quantitative estimate of drug-likeness (QED) is 0.477. The van der Waals surface area contributed by atoms with Crippen LogP contribution in [0.4, 0.5) is 5.69 Å². The number of hydrogen-bond acceptors (Lipinski definition) is 4. The minimum absolute atomic E-state index is 0.0895. The van der Waals surface area contributed by atoms with Gasteiger partial charge in [-0.2, -0.15) is 5.10 Å². The Kier molecular flexibility index (Phi) is 6.14. The van der Waals surface area contributed by atoms with Crippen molar-refractivity contribution < 1.29 is 9.59 Å². The highest BCUT2D eigenvalue weighted by molar-refractivity contribution is 6.13. The molecule has 1 saturated heterocycles. The number of aromatic nitrogens is 2. The first-order chi connectivity index (χ1) is 17.0. The van der Waals surface area contributed by atoms with E-state index < -0.39 is 5.91 Å². The van der Waals surface area contributed by atoms with E-state index in [4.69, 9.17) is 0 Å². The Balaban J connectivity index is 1.55. The van der Waals surface area contributed by atoms with Crippen molar-refractivity contribution in [3.05, 3.63) is 106 Å². The van der Waals surface area contributed by atoms with Gasteiger partial charge in [0.1, 0.15) is 0 Å². The molecule has 0 spiro atoms. The largest absolute Gasteiger partial charge is 0.339 e. The Bertz CT molecular complexity index is 1470. The molecule has 0 unspecified atom stereocenters. The molecule has 0 atom stereocenters. The van der Waals surface area contributed by atoms with E-state index in [9.17, 15) is 14.4 Å². The molecule has 7 heteroatoms. The molecule has 0 saturated carbocycles. The number of para-hydroxylation sites is 1. The van der Waals surface area contributed by atoms with E-state index >= 15 is 0 Å². The molecule has 2 amide bonds. The van der Waals surface area contributed by atoms with Crippen molar-refractivity contribution in [1.82, 2.24) is 14.7 Å². The van der Waals surface area contributed by atoms with Gasteiger partial charge < -0.3 is 10.2 Å². The molecular weight excluding hydrogens is 440 g/mol. The lowest BCUT2D eigenvalue weighted by molar-refractivity contribution is 0.0793. The molecule has 1 N–H and O–H groups in total. The molecule has 4 aromatic rings. The van der Waals surface area contributed by atoms with E-state index in [-0.39, 0.29) is 23.7 Å². The van der Waals surface area contributed by atoms with Crippen LogP contribution in [-0.4, -0.2) is 39.6 Å². The summed E-state index contributed by atoms with van der Waals surface area (Å²) in [7, 11) is 0. The van der Waals surface area contributed by atoms with E-state index in [0.29, 0.717) is 22.0 Å². The van der Waals surface area contributed by atoms with Crippen LogP contribution in [0.2, 0.25) is 0 Å². The zero-order valence-corrected chi connectivity index (χ0v) is 19.5. The number of rotatable bonds is 5. The number of benzene rings is 3. The molecule has 1 aliphatic heterocycles. The maximum atomic E-state index is 13.6. The summed E-state index contributed by atoms with van der Waals surface area (Å²) in [6.45, 7) is 3.54. The van der Waals surface area contributed by atoms with Gasteiger partial charge in [0.25, 0.3) is 17.4 Å². The third-order valence-corrected chi connectivity index (χ3v) is 6.39. The summed E-state index contributed by atoms with van der Waals surface area (Å²) in [5.41, 5.74) is 2.50. The van der Waals surface area contributed by atoms with Crippen LogP contribution in [0.1, 0.15) is 44.8 Å². The summed E-state index contributed by atoms with van der Waals surface area (Å²) < 4.78 is 1.32. The highest BCUT2D eigenvalue weighted by atomic mass is 16.2. The van der Waals surface area contributed by atoms with E-state index in [1.54, 1.807) is 30.3 Å². The number of nitrogens with one attached hydrogen (secondary N) is 1. The normalized spacial score (nSPS) is 13.2. The van der Waals surface area contributed by atoms with Gasteiger partial charge in [0.05, 0.1) is 23.2 Å². The molecule has 1 aromatic heterocycles. The molecule has 35 heavy (non-hydrogen) atoms. The summed E-state index contributed by atoms with van der Waals surface area (Å²) in [6, 6.07) is 21.9. The van der Waals surface area contributed by atoms with E-state index in [1.165, 1.54) is 4.68 Å². The van der Waals surface area contributed by atoms with Crippen LogP contribution in [0.15, 0.2) is 77.6 Å². The lowest BCUT2D eigenvalue weighted by Gasteiger charge is -2.19. The van der Waals surface area contributed by atoms with Gasteiger partial charge in [0, 0.05) is 18.5 Å². The van der Waals surface area contributed by atoms with Crippen molar-refractivity contribution in [1.29, 1.82) is 0 Å². The minimum atomic E-state index is -0.465. The lowest BCUT2D eigenvalue weighted by atomic mass is 10.1.